The van der Waals surface area contributed by atoms with Crippen LogP contribution in [0.4, 0.5) is 0 Å². The molecule has 0 aliphatic carbocycles. The van der Waals surface area contributed by atoms with Gasteiger partial charge in [0.25, 0.3) is 0 Å². The Morgan fingerprint density at radius 3 is 2.78 bits per heavy atom. The van der Waals surface area contributed by atoms with Crippen LogP contribution in [0.3, 0.4) is 0 Å². The number of fused-ring (bicyclic) bond motifs is 1. The minimum atomic E-state index is 0.647. The van der Waals surface area contributed by atoms with E-state index in [1.807, 2.05) is 12.1 Å². The van der Waals surface area contributed by atoms with Gasteiger partial charge < -0.3 is 14.8 Å². The fourth-order valence-electron chi connectivity index (χ4n) is 2.04. The van der Waals surface area contributed by atoms with Crippen LogP contribution in [-0.2, 0) is 17.9 Å². The summed E-state index contributed by atoms with van der Waals surface area (Å²) in [4.78, 5) is 1.33. The highest BCUT2D eigenvalue weighted by molar-refractivity contribution is 7.19. The number of nitrogens with one attached hydrogen (secondary N) is 1. The highest BCUT2D eigenvalue weighted by atomic mass is 32.1. The number of hydrogen-bond donors (Lipinski definition) is 1. The average Bonchev–Trinajstić information content (AvgIpc) is 2.75. The Labute approximate surface area is 112 Å². The highest BCUT2D eigenvalue weighted by Crippen LogP contribution is 2.37. The van der Waals surface area contributed by atoms with Crippen molar-refractivity contribution in [3.05, 3.63) is 28.6 Å². The van der Waals surface area contributed by atoms with Crippen molar-refractivity contribution in [2.45, 2.75) is 20.1 Å². The van der Waals surface area contributed by atoms with E-state index in [4.69, 9.17) is 9.47 Å². The van der Waals surface area contributed by atoms with Gasteiger partial charge in [0, 0.05) is 29.5 Å². The number of rotatable bonds is 6. The normalized spacial score (nSPS) is 11.1. The summed E-state index contributed by atoms with van der Waals surface area (Å²) in [5, 5.41) is 4.62. The van der Waals surface area contributed by atoms with E-state index in [0.29, 0.717) is 6.61 Å². The van der Waals surface area contributed by atoms with Crippen molar-refractivity contribution in [3.8, 4) is 5.75 Å². The van der Waals surface area contributed by atoms with Gasteiger partial charge >= 0.3 is 0 Å². The molecule has 4 heteroatoms. The first-order valence-corrected chi connectivity index (χ1v) is 6.90. The third-order valence-electron chi connectivity index (χ3n) is 2.91. The van der Waals surface area contributed by atoms with Crippen LogP contribution in [0.1, 0.15) is 17.4 Å². The molecule has 0 aliphatic rings. The Bertz CT molecular complexity index is 522. The third-order valence-corrected chi connectivity index (χ3v) is 4.17. The highest BCUT2D eigenvalue weighted by Gasteiger charge is 2.14. The molecular formula is C14H19NO2S. The summed E-state index contributed by atoms with van der Waals surface area (Å²) in [6.07, 6.45) is 0. The second kappa shape index (κ2) is 6.18. The lowest BCUT2D eigenvalue weighted by molar-refractivity contribution is 0.185. The Balaban J connectivity index is 2.51. The third kappa shape index (κ3) is 2.51. The van der Waals surface area contributed by atoms with Crippen LogP contribution in [-0.4, -0.2) is 20.8 Å². The van der Waals surface area contributed by atoms with Crippen molar-refractivity contribution in [2.24, 2.45) is 0 Å². The molecule has 2 aromatic rings. The van der Waals surface area contributed by atoms with Gasteiger partial charge in [0.15, 0.2) is 0 Å². The fourth-order valence-corrected chi connectivity index (χ4v) is 3.30. The summed E-state index contributed by atoms with van der Waals surface area (Å²) in [6.45, 7) is 4.62. The summed E-state index contributed by atoms with van der Waals surface area (Å²) in [5.74, 6) is 0.942. The summed E-state index contributed by atoms with van der Waals surface area (Å²) in [6, 6.07) is 6.18. The number of hydrogen-bond acceptors (Lipinski definition) is 4. The molecule has 0 saturated heterocycles. The maximum atomic E-state index is 5.43. The van der Waals surface area contributed by atoms with Crippen molar-refractivity contribution in [3.63, 3.8) is 0 Å². The predicted octanol–water partition coefficient (Wildman–Crippen LogP) is 3.17. The van der Waals surface area contributed by atoms with Gasteiger partial charge in [0.1, 0.15) is 5.75 Å². The summed E-state index contributed by atoms with van der Waals surface area (Å²) in [5.41, 5.74) is 1.28. The Morgan fingerprint density at radius 1 is 1.28 bits per heavy atom. The number of ether oxygens (including phenoxy) is 2. The molecule has 0 amide bonds. The SMILES string of the molecule is CCNCc1sc2c(OC)cccc2c1COC. The van der Waals surface area contributed by atoms with E-state index < -0.39 is 0 Å². The van der Waals surface area contributed by atoms with Crippen LogP contribution in [0.2, 0.25) is 0 Å². The van der Waals surface area contributed by atoms with Gasteiger partial charge in [-0.1, -0.05) is 19.1 Å². The van der Waals surface area contributed by atoms with E-state index in [1.165, 1.54) is 20.5 Å². The van der Waals surface area contributed by atoms with E-state index in [9.17, 15) is 0 Å². The first-order chi connectivity index (χ1) is 8.81. The smallest absolute Gasteiger partial charge is 0.136 e. The first kappa shape index (κ1) is 13.3. The Hall–Kier alpha value is -1.10. The fraction of sp³-hybridized carbons (Fsp3) is 0.429. The monoisotopic (exact) mass is 265 g/mol. The molecule has 1 N–H and O–H groups in total. The number of thiophene rings is 1. The molecule has 0 fully saturated rings. The van der Waals surface area contributed by atoms with Gasteiger partial charge in [0.05, 0.1) is 18.4 Å². The van der Waals surface area contributed by atoms with Crippen LogP contribution >= 0.6 is 11.3 Å². The Morgan fingerprint density at radius 2 is 2.11 bits per heavy atom. The van der Waals surface area contributed by atoms with Crippen molar-refractivity contribution < 1.29 is 9.47 Å². The minimum Gasteiger partial charge on any atom is -0.495 e. The molecule has 0 bridgehead atoms. The summed E-state index contributed by atoms with van der Waals surface area (Å²) in [7, 11) is 3.45. The largest absolute Gasteiger partial charge is 0.495 e. The van der Waals surface area contributed by atoms with Crippen molar-refractivity contribution in [1.29, 1.82) is 0 Å². The van der Waals surface area contributed by atoms with Crippen LogP contribution in [0.15, 0.2) is 18.2 Å². The zero-order valence-electron chi connectivity index (χ0n) is 11.1. The molecule has 98 valence electrons. The zero-order chi connectivity index (χ0) is 13.0. The van der Waals surface area contributed by atoms with E-state index in [1.54, 1.807) is 25.6 Å². The van der Waals surface area contributed by atoms with Crippen LogP contribution in [0.25, 0.3) is 10.1 Å². The lowest BCUT2D eigenvalue weighted by atomic mass is 10.1. The van der Waals surface area contributed by atoms with Gasteiger partial charge in [0.2, 0.25) is 0 Å². The first-order valence-electron chi connectivity index (χ1n) is 6.08. The predicted molar refractivity (Wildman–Crippen MR) is 76.5 cm³/mol. The summed E-state index contributed by atoms with van der Waals surface area (Å²) < 4.78 is 12.0. The second-order valence-corrected chi connectivity index (χ2v) is 5.16. The molecule has 3 nitrogen and oxygen atoms in total. The molecule has 1 aromatic heterocycles. The second-order valence-electron chi connectivity index (χ2n) is 4.05. The molecule has 1 aromatic carbocycles. The van der Waals surface area contributed by atoms with Crippen molar-refractivity contribution >= 4 is 21.4 Å². The van der Waals surface area contributed by atoms with Gasteiger partial charge in [-0.15, -0.1) is 11.3 Å². The van der Waals surface area contributed by atoms with E-state index >= 15 is 0 Å². The van der Waals surface area contributed by atoms with Crippen LogP contribution in [0, 0.1) is 0 Å². The maximum Gasteiger partial charge on any atom is 0.136 e. The molecular weight excluding hydrogens is 246 g/mol. The quantitative estimate of drug-likeness (QED) is 0.870. The summed E-state index contributed by atoms with van der Waals surface area (Å²) >= 11 is 1.79. The molecule has 0 atom stereocenters. The van der Waals surface area contributed by atoms with E-state index in [0.717, 1.165) is 18.8 Å². The van der Waals surface area contributed by atoms with Crippen molar-refractivity contribution in [2.75, 3.05) is 20.8 Å². The van der Waals surface area contributed by atoms with E-state index in [-0.39, 0.29) is 0 Å². The number of methoxy groups -OCH3 is 2. The van der Waals surface area contributed by atoms with Gasteiger partial charge in [-0.25, -0.2) is 0 Å². The molecule has 0 unspecified atom stereocenters. The molecule has 0 aliphatic heterocycles. The lowest BCUT2D eigenvalue weighted by Gasteiger charge is -2.04. The van der Waals surface area contributed by atoms with Crippen LogP contribution in [0.5, 0.6) is 5.75 Å². The number of benzene rings is 1. The Kier molecular flexibility index (Phi) is 4.58. The molecule has 0 spiro atoms. The minimum absolute atomic E-state index is 0.647. The topological polar surface area (TPSA) is 30.5 Å². The molecule has 0 saturated carbocycles. The van der Waals surface area contributed by atoms with Gasteiger partial charge in [-0.3, -0.25) is 0 Å². The van der Waals surface area contributed by atoms with Crippen LogP contribution < -0.4 is 10.1 Å². The van der Waals surface area contributed by atoms with E-state index in [2.05, 4.69) is 18.3 Å². The molecule has 1 heterocycles. The average molecular weight is 265 g/mol. The lowest BCUT2D eigenvalue weighted by Crippen LogP contribution is -2.11. The molecule has 0 radical (unpaired) electrons. The van der Waals surface area contributed by atoms with Gasteiger partial charge in [-0.2, -0.15) is 0 Å². The molecule has 18 heavy (non-hydrogen) atoms. The van der Waals surface area contributed by atoms with Crippen molar-refractivity contribution in [1.82, 2.24) is 5.32 Å². The standard InChI is InChI=1S/C14H19NO2S/c1-4-15-8-13-11(9-16-2)10-6-5-7-12(17-3)14(10)18-13/h5-7,15H,4,8-9H2,1-3H3. The zero-order valence-corrected chi connectivity index (χ0v) is 11.9. The maximum absolute atomic E-state index is 5.43. The van der Waals surface area contributed by atoms with Gasteiger partial charge in [-0.05, 0) is 12.6 Å². The molecule has 2 rings (SSSR count).